The van der Waals surface area contributed by atoms with Gasteiger partial charge < -0.3 is 5.11 Å². The molecule has 0 atom stereocenters. The van der Waals surface area contributed by atoms with E-state index in [1.54, 1.807) is 12.4 Å². The molecule has 2 aromatic rings. The maximum atomic E-state index is 11.6. The Hall–Kier alpha value is -1.95. The zero-order valence-corrected chi connectivity index (χ0v) is 12.1. The maximum Gasteiger partial charge on any atom is 0.338 e. The average Bonchev–Trinajstić information content (AvgIpc) is 2.47. The first-order chi connectivity index (χ1) is 9.67. The van der Waals surface area contributed by atoms with Gasteiger partial charge in [0.2, 0.25) is 0 Å². The van der Waals surface area contributed by atoms with Crippen LogP contribution in [-0.2, 0) is 12.8 Å². The third-order valence-corrected chi connectivity index (χ3v) is 3.88. The van der Waals surface area contributed by atoms with E-state index in [2.05, 4.69) is 15.2 Å². The summed E-state index contributed by atoms with van der Waals surface area (Å²) < 4.78 is 0. The second kappa shape index (κ2) is 6.47. The summed E-state index contributed by atoms with van der Waals surface area (Å²) in [6.07, 6.45) is 4.63. The highest BCUT2D eigenvalue weighted by atomic mass is 32.2. The second-order valence-corrected chi connectivity index (χ2v) is 5.16. The van der Waals surface area contributed by atoms with Crippen LogP contribution in [0.5, 0.6) is 0 Å². The van der Waals surface area contributed by atoms with Crippen molar-refractivity contribution in [2.75, 3.05) is 0 Å². The molecular weight excluding hydrogens is 274 g/mol. The lowest BCUT2D eigenvalue weighted by Crippen LogP contribution is -2.11. The molecule has 0 fully saturated rings. The molecule has 0 aliphatic heterocycles. The van der Waals surface area contributed by atoms with Crippen molar-refractivity contribution >= 4 is 17.7 Å². The molecule has 20 heavy (non-hydrogen) atoms. The number of carboxylic acid groups (broad SMARTS) is 1. The smallest absolute Gasteiger partial charge is 0.338 e. The number of aromatic carboxylic acids is 1. The van der Waals surface area contributed by atoms with Gasteiger partial charge in [-0.2, -0.15) is 5.10 Å². The zero-order chi connectivity index (χ0) is 14.5. The SMILES string of the molecule is CCc1nnc(Sc2ccncc2)c(C(=O)O)c1CC. The molecule has 2 rings (SSSR count). The van der Waals surface area contributed by atoms with Crippen molar-refractivity contribution in [2.45, 2.75) is 36.6 Å². The van der Waals surface area contributed by atoms with E-state index in [4.69, 9.17) is 0 Å². The summed E-state index contributed by atoms with van der Waals surface area (Å²) >= 11 is 1.30. The Morgan fingerprint density at radius 2 is 1.90 bits per heavy atom. The van der Waals surface area contributed by atoms with Crippen LogP contribution in [0.25, 0.3) is 0 Å². The lowest BCUT2D eigenvalue weighted by atomic mass is 10.0. The number of aromatic nitrogens is 3. The molecule has 0 saturated heterocycles. The first-order valence-electron chi connectivity index (χ1n) is 6.36. The lowest BCUT2D eigenvalue weighted by Gasteiger charge is -2.11. The number of rotatable bonds is 5. The van der Waals surface area contributed by atoms with Gasteiger partial charge in [-0.05, 0) is 30.5 Å². The van der Waals surface area contributed by atoms with Crippen molar-refractivity contribution in [3.63, 3.8) is 0 Å². The second-order valence-electron chi connectivity index (χ2n) is 4.10. The van der Waals surface area contributed by atoms with Crippen molar-refractivity contribution in [3.8, 4) is 0 Å². The molecule has 0 aliphatic rings. The van der Waals surface area contributed by atoms with E-state index >= 15 is 0 Å². The first kappa shape index (κ1) is 14.5. The highest BCUT2D eigenvalue weighted by Crippen LogP contribution is 2.30. The highest BCUT2D eigenvalue weighted by Gasteiger charge is 2.20. The molecule has 0 aliphatic carbocycles. The van der Waals surface area contributed by atoms with Gasteiger partial charge in [-0.25, -0.2) is 4.79 Å². The standard InChI is InChI=1S/C14H15N3O2S/c1-3-10-11(4-2)16-17-13(12(10)14(18)19)20-9-5-7-15-8-6-9/h5-8H,3-4H2,1-2H3,(H,18,19). The number of pyridine rings is 1. The van der Waals surface area contributed by atoms with Gasteiger partial charge >= 0.3 is 5.97 Å². The van der Waals surface area contributed by atoms with Crippen LogP contribution in [0.4, 0.5) is 0 Å². The van der Waals surface area contributed by atoms with Gasteiger partial charge in [-0.3, -0.25) is 4.98 Å². The fraction of sp³-hybridized carbons (Fsp3) is 0.286. The molecule has 0 spiro atoms. The molecule has 1 N–H and O–H groups in total. The molecular formula is C14H15N3O2S. The van der Waals surface area contributed by atoms with Gasteiger partial charge in [-0.1, -0.05) is 25.6 Å². The molecule has 2 heterocycles. The molecule has 2 aromatic heterocycles. The topological polar surface area (TPSA) is 76.0 Å². The Morgan fingerprint density at radius 1 is 1.20 bits per heavy atom. The summed E-state index contributed by atoms with van der Waals surface area (Å²) in [4.78, 5) is 16.4. The molecule has 0 amide bonds. The molecule has 0 saturated carbocycles. The van der Waals surface area contributed by atoms with Crippen molar-refractivity contribution in [1.82, 2.24) is 15.2 Å². The van der Waals surface area contributed by atoms with Crippen molar-refractivity contribution in [2.24, 2.45) is 0 Å². The Balaban J connectivity index is 2.50. The van der Waals surface area contributed by atoms with E-state index in [1.807, 2.05) is 26.0 Å². The van der Waals surface area contributed by atoms with Gasteiger partial charge in [0.1, 0.15) is 5.03 Å². The number of hydrogen-bond donors (Lipinski definition) is 1. The van der Waals surface area contributed by atoms with E-state index in [0.29, 0.717) is 17.9 Å². The summed E-state index contributed by atoms with van der Waals surface area (Å²) in [5, 5.41) is 18.2. The number of nitrogens with zero attached hydrogens (tertiary/aromatic N) is 3. The zero-order valence-electron chi connectivity index (χ0n) is 11.3. The summed E-state index contributed by atoms with van der Waals surface area (Å²) in [5.41, 5.74) is 1.79. The molecule has 0 unspecified atom stereocenters. The minimum Gasteiger partial charge on any atom is -0.478 e. The van der Waals surface area contributed by atoms with Crippen LogP contribution in [0, 0.1) is 0 Å². The Morgan fingerprint density at radius 3 is 2.45 bits per heavy atom. The van der Waals surface area contributed by atoms with Crippen LogP contribution in [-0.4, -0.2) is 26.3 Å². The average molecular weight is 289 g/mol. The van der Waals surface area contributed by atoms with Crippen LogP contribution in [0.2, 0.25) is 0 Å². The van der Waals surface area contributed by atoms with E-state index in [1.165, 1.54) is 11.8 Å². The quantitative estimate of drug-likeness (QED) is 0.912. The number of carbonyl (C=O) groups is 1. The predicted molar refractivity (Wildman–Crippen MR) is 76.1 cm³/mol. The van der Waals surface area contributed by atoms with Crippen molar-refractivity contribution in [1.29, 1.82) is 0 Å². The van der Waals surface area contributed by atoms with Gasteiger partial charge in [0.05, 0.1) is 11.3 Å². The molecule has 5 nitrogen and oxygen atoms in total. The first-order valence-corrected chi connectivity index (χ1v) is 7.18. The minimum absolute atomic E-state index is 0.265. The third kappa shape index (κ3) is 2.96. The molecule has 0 bridgehead atoms. The predicted octanol–water partition coefficient (Wildman–Crippen LogP) is 2.85. The molecule has 6 heteroatoms. The van der Waals surface area contributed by atoms with E-state index in [9.17, 15) is 9.90 Å². The van der Waals surface area contributed by atoms with E-state index in [-0.39, 0.29) is 5.56 Å². The van der Waals surface area contributed by atoms with Crippen molar-refractivity contribution < 1.29 is 9.90 Å². The van der Waals surface area contributed by atoms with Crippen LogP contribution < -0.4 is 0 Å². The summed E-state index contributed by atoms with van der Waals surface area (Å²) in [5.74, 6) is -0.956. The van der Waals surface area contributed by atoms with Gasteiger partial charge in [0.15, 0.2) is 0 Å². The molecule has 0 aromatic carbocycles. The number of carboxylic acids is 1. The number of hydrogen-bond acceptors (Lipinski definition) is 5. The largest absolute Gasteiger partial charge is 0.478 e. The third-order valence-electron chi connectivity index (χ3n) is 2.89. The van der Waals surface area contributed by atoms with E-state index in [0.717, 1.165) is 16.2 Å². The van der Waals surface area contributed by atoms with E-state index < -0.39 is 5.97 Å². The molecule has 0 radical (unpaired) electrons. The van der Waals surface area contributed by atoms with Crippen LogP contribution in [0.3, 0.4) is 0 Å². The maximum absolute atomic E-state index is 11.6. The van der Waals surface area contributed by atoms with Crippen LogP contribution in [0.1, 0.15) is 35.5 Å². The van der Waals surface area contributed by atoms with Crippen molar-refractivity contribution in [3.05, 3.63) is 41.3 Å². The molecule has 104 valence electrons. The Bertz CT molecular complexity index is 617. The van der Waals surface area contributed by atoms with Gasteiger partial charge in [-0.15, -0.1) is 5.10 Å². The summed E-state index contributed by atoms with van der Waals surface area (Å²) in [6.45, 7) is 3.88. The fourth-order valence-electron chi connectivity index (χ4n) is 1.96. The van der Waals surface area contributed by atoms with Crippen LogP contribution >= 0.6 is 11.8 Å². The van der Waals surface area contributed by atoms with Crippen LogP contribution in [0.15, 0.2) is 34.4 Å². The summed E-state index contributed by atoms with van der Waals surface area (Å²) in [7, 11) is 0. The number of aryl methyl sites for hydroxylation is 1. The Labute approximate surface area is 121 Å². The lowest BCUT2D eigenvalue weighted by molar-refractivity contribution is 0.0690. The summed E-state index contributed by atoms with van der Waals surface area (Å²) in [6, 6.07) is 3.63. The fourth-order valence-corrected chi connectivity index (χ4v) is 2.84. The Kier molecular flexibility index (Phi) is 4.68. The highest BCUT2D eigenvalue weighted by molar-refractivity contribution is 7.99. The minimum atomic E-state index is -0.956. The monoisotopic (exact) mass is 289 g/mol. The van der Waals surface area contributed by atoms with Gasteiger partial charge in [0.25, 0.3) is 0 Å². The van der Waals surface area contributed by atoms with Gasteiger partial charge in [0, 0.05) is 17.3 Å². The normalized spacial score (nSPS) is 10.5.